The minimum absolute atomic E-state index is 0.616. The van der Waals surface area contributed by atoms with Gasteiger partial charge >= 0.3 is 0 Å². The number of fused-ring (bicyclic) bond motifs is 1. The highest BCUT2D eigenvalue weighted by Crippen LogP contribution is 2.25. The number of nitrogens with zero attached hydrogens (tertiary/aromatic N) is 1. The Morgan fingerprint density at radius 1 is 1.00 bits per heavy atom. The maximum atomic E-state index is 6.30. The first-order chi connectivity index (χ1) is 13.6. The summed E-state index contributed by atoms with van der Waals surface area (Å²) in [4.78, 5) is 1.60. The minimum atomic E-state index is 0.616. The Morgan fingerprint density at radius 2 is 1.75 bits per heavy atom. The number of quaternary nitrogens is 1. The van der Waals surface area contributed by atoms with Crippen molar-refractivity contribution in [3.8, 4) is 0 Å². The van der Waals surface area contributed by atoms with Crippen molar-refractivity contribution in [1.82, 2.24) is 10.4 Å². The molecule has 2 N–H and O–H groups in total. The molecular formula is C23H24Cl2N3+. The van der Waals surface area contributed by atoms with Gasteiger partial charge in [-0.1, -0.05) is 72.2 Å². The average Bonchev–Trinajstić information content (AvgIpc) is 2.69. The maximum absolute atomic E-state index is 6.30. The van der Waals surface area contributed by atoms with Crippen LogP contribution in [0.5, 0.6) is 0 Å². The summed E-state index contributed by atoms with van der Waals surface area (Å²) in [6.07, 6.45) is 0. The zero-order chi connectivity index (χ0) is 19.5. The van der Waals surface area contributed by atoms with E-state index in [-0.39, 0.29) is 0 Å². The molecule has 0 unspecified atom stereocenters. The molecule has 0 aromatic heterocycles. The van der Waals surface area contributed by atoms with Gasteiger partial charge in [0, 0.05) is 16.1 Å². The molecule has 0 spiro atoms. The van der Waals surface area contributed by atoms with Crippen LogP contribution in [0, 0.1) is 0 Å². The number of nitrogens with one attached hydrogen (secondary N) is 2. The first kappa shape index (κ1) is 19.3. The topological polar surface area (TPSA) is 19.7 Å². The van der Waals surface area contributed by atoms with Crippen LogP contribution in [0.25, 0.3) is 16.5 Å². The second kappa shape index (κ2) is 8.54. The van der Waals surface area contributed by atoms with Gasteiger partial charge in [0.25, 0.3) is 0 Å². The van der Waals surface area contributed by atoms with Crippen LogP contribution in [0.3, 0.4) is 0 Å². The Morgan fingerprint density at radius 3 is 2.54 bits per heavy atom. The molecule has 0 radical (unpaired) electrons. The van der Waals surface area contributed by atoms with Crippen LogP contribution in [0.1, 0.15) is 11.1 Å². The van der Waals surface area contributed by atoms with Crippen LogP contribution in [-0.2, 0) is 6.54 Å². The molecular weight excluding hydrogens is 389 g/mol. The molecule has 1 saturated heterocycles. The monoisotopic (exact) mass is 412 g/mol. The summed E-state index contributed by atoms with van der Waals surface area (Å²) in [5.41, 5.74) is 6.52. The SMILES string of the molecule is C=C(NN1CC[NH+](Cc2cccc3ccccc23)CC1)c1ccc(Cl)cc1Cl. The van der Waals surface area contributed by atoms with Gasteiger partial charge in [-0.15, -0.1) is 0 Å². The van der Waals surface area contributed by atoms with Crippen molar-refractivity contribution in [2.24, 2.45) is 0 Å². The van der Waals surface area contributed by atoms with Gasteiger partial charge < -0.3 is 10.3 Å². The van der Waals surface area contributed by atoms with Crippen molar-refractivity contribution >= 4 is 39.7 Å². The number of halogens is 2. The summed E-state index contributed by atoms with van der Waals surface area (Å²) in [7, 11) is 0. The van der Waals surface area contributed by atoms with Gasteiger partial charge in [-0.25, -0.2) is 5.01 Å². The van der Waals surface area contributed by atoms with Crippen molar-refractivity contribution in [3.63, 3.8) is 0 Å². The molecule has 1 aliphatic heterocycles. The third-order valence-electron chi connectivity index (χ3n) is 5.34. The van der Waals surface area contributed by atoms with Gasteiger partial charge in [-0.2, -0.15) is 0 Å². The Hall–Kier alpha value is -2.04. The van der Waals surface area contributed by atoms with E-state index in [1.165, 1.54) is 16.3 Å². The van der Waals surface area contributed by atoms with Crippen LogP contribution in [0.2, 0.25) is 10.0 Å². The number of hydrogen-bond donors (Lipinski definition) is 2. The van der Waals surface area contributed by atoms with E-state index in [4.69, 9.17) is 23.2 Å². The van der Waals surface area contributed by atoms with E-state index in [1.54, 1.807) is 11.0 Å². The second-order valence-corrected chi connectivity index (χ2v) is 8.11. The first-order valence-corrected chi connectivity index (χ1v) is 10.3. The molecule has 0 bridgehead atoms. The molecule has 3 nitrogen and oxygen atoms in total. The van der Waals surface area contributed by atoms with Crippen molar-refractivity contribution in [1.29, 1.82) is 0 Å². The van der Waals surface area contributed by atoms with E-state index >= 15 is 0 Å². The van der Waals surface area contributed by atoms with Crippen LogP contribution in [0.4, 0.5) is 0 Å². The summed E-state index contributed by atoms with van der Waals surface area (Å²) < 4.78 is 0. The summed E-state index contributed by atoms with van der Waals surface area (Å²) in [6.45, 7) is 9.29. The van der Waals surface area contributed by atoms with E-state index in [0.717, 1.165) is 44.0 Å². The summed E-state index contributed by atoms with van der Waals surface area (Å²) >= 11 is 12.3. The lowest BCUT2D eigenvalue weighted by Crippen LogP contribution is -3.13. The van der Waals surface area contributed by atoms with Gasteiger partial charge in [-0.05, 0) is 29.0 Å². The molecule has 28 heavy (non-hydrogen) atoms. The fourth-order valence-electron chi connectivity index (χ4n) is 3.81. The lowest BCUT2D eigenvalue weighted by molar-refractivity contribution is -0.918. The quantitative estimate of drug-likeness (QED) is 0.659. The Kier molecular flexibility index (Phi) is 5.88. The minimum Gasteiger partial charge on any atom is -0.329 e. The van der Waals surface area contributed by atoms with Gasteiger partial charge in [0.2, 0.25) is 0 Å². The summed E-state index contributed by atoms with van der Waals surface area (Å²) in [6, 6.07) is 20.7. The predicted octanol–water partition coefficient (Wildman–Crippen LogP) is 4.02. The molecule has 1 fully saturated rings. The predicted molar refractivity (Wildman–Crippen MR) is 119 cm³/mol. The summed E-state index contributed by atoms with van der Waals surface area (Å²) in [5.74, 6) is 0. The molecule has 144 valence electrons. The highest BCUT2D eigenvalue weighted by atomic mass is 35.5. The van der Waals surface area contributed by atoms with Crippen LogP contribution < -0.4 is 10.3 Å². The molecule has 3 aromatic rings. The second-order valence-electron chi connectivity index (χ2n) is 7.27. The van der Waals surface area contributed by atoms with Gasteiger partial charge in [-0.3, -0.25) is 0 Å². The van der Waals surface area contributed by atoms with Crippen molar-refractivity contribution in [2.75, 3.05) is 26.2 Å². The normalized spacial score (nSPS) is 15.6. The van der Waals surface area contributed by atoms with E-state index in [1.807, 2.05) is 12.1 Å². The van der Waals surface area contributed by atoms with Gasteiger partial charge in [0.05, 0.1) is 36.9 Å². The molecule has 1 aliphatic rings. The van der Waals surface area contributed by atoms with Crippen molar-refractivity contribution in [3.05, 3.63) is 88.4 Å². The molecule has 5 heteroatoms. The molecule has 0 amide bonds. The van der Waals surface area contributed by atoms with E-state index in [9.17, 15) is 0 Å². The molecule has 1 heterocycles. The fraction of sp³-hybridized carbons (Fsp3) is 0.217. The third kappa shape index (κ3) is 4.34. The number of hydrogen-bond acceptors (Lipinski definition) is 2. The Balaban J connectivity index is 1.35. The highest BCUT2D eigenvalue weighted by Gasteiger charge is 2.21. The number of benzene rings is 3. The number of rotatable bonds is 5. The Bertz CT molecular complexity index is 989. The van der Waals surface area contributed by atoms with Crippen molar-refractivity contribution in [2.45, 2.75) is 6.54 Å². The average molecular weight is 413 g/mol. The maximum Gasteiger partial charge on any atom is 0.103 e. The zero-order valence-corrected chi connectivity index (χ0v) is 17.2. The van der Waals surface area contributed by atoms with Gasteiger partial charge in [0.15, 0.2) is 0 Å². The number of hydrazine groups is 1. The van der Waals surface area contributed by atoms with Gasteiger partial charge in [0.1, 0.15) is 6.54 Å². The molecule has 3 aromatic carbocycles. The summed E-state index contributed by atoms with van der Waals surface area (Å²) in [5, 5.41) is 6.15. The van der Waals surface area contributed by atoms with E-state index in [2.05, 4.69) is 59.5 Å². The third-order valence-corrected chi connectivity index (χ3v) is 5.89. The van der Waals surface area contributed by atoms with Crippen LogP contribution in [-0.4, -0.2) is 31.2 Å². The van der Waals surface area contributed by atoms with E-state index < -0.39 is 0 Å². The Labute approximate surface area is 176 Å². The standard InChI is InChI=1S/C23H23Cl2N3/c1-17(21-10-9-20(24)15-23(21)25)26-28-13-11-27(12-14-28)16-19-7-4-6-18-5-2-3-8-22(18)19/h2-10,15,26H,1,11-14,16H2/p+1. The first-order valence-electron chi connectivity index (χ1n) is 9.56. The number of piperazine rings is 1. The van der Waals surface area contributed by atoms with Crippen LogP contribution in [0.15, 0.2) is 67.2 Å². The molecule has 0 aliphatic carbocycles. The largest absolute Gasteiger partial charge is 0.329 e. The molecule has 4 rings (SSSR count). The zero-order valence-electron chi connectivity index (χ0n) is 15.7. The lowest BCUT2D eigenvalue weighted by atomic mass is 10.0. The van der Waals surface area contributed by atoms with E-state index in [0.29, 0.717) is 10.0 Å². The lowest BCUT2D eigenvalue weighted by Gasteiger charge is -2.33. The smallest absolute Gasteiger partial charge is 0.103 e. The van der Waals surface area contributed by atoms with Crippen LogP contribution >= 0.6 is 23.2 Å². The fourth-order valence-corrected chi connectivity index (χ4v) is 4.34. The molecule has 0 atom stereocenters. The highest BCUT2D eigenvalue weighted by molar-refractivity contribution is 6.35. The molecule has 0 saturated carbocycles. The van der Waals surface area contributed by atoms with Crippen molar-refractivity contribution < 1.29 is 4.90 Å².